The van der Waals surface area contributed by atoms with Crippen molar-refractivity contribution < 1.29 is 4.74 Å². The zero-order chi connectivity index (χ0) is 12.3. The van der Waals surface area contributed by atoms with Crippen LogP contribution in [0, 0.1) is 0 Å². The minimum atomic E-state index is -0.0956. The van der Waals surface area contributed by atoms with E-state index < -0.39 is 0 Å². The van der Waals surface area contributed by atoms with Crippen molar-refractivity contribution in [3.05, 3.63) is 41.7 Å². The molecule has 0 spiro atoms. The van der Waals surface area contributed by atoms with Gasteiger partial charge in [0.25, 0.3) is 0 Å². The fraction of sp³-hybridized carbons (Fsp3) is 0.333. The molecule has 1 unspecified atom stereocenters. The van der Waals surface area contributed by atoms with Crippen LogP contribution in [-0.4, -0.2) is 22.1 Å². The fourth-order valence-electron chi connectivity index (χ4n) is 1.70. The summed E-state index contributed by atoms with van der Waals surface area (Å²) in [5.74, 6) is 0.817. The molecule has 0 aliphatic heterocycles. The molecule has 5 nitrogen and oxygen atoms in total. The van der Waals surface area contributed by atoms with Crippen LogP contribution >= 0.6 is 0 Å². The van der Waals surface area contributed by atoms with Crippen molar-refractivity contribution in [3.8, 4) is 5.75 Å². The van der Waals surface area contributed by atoms with Crippen LogP contribution < -0.4 is 10.5 Å². The van der Waals surface area contributed by atoms with Gasteiger partial charge in [0, 0.05) is 25.7 Å². The van der Waals surface area contributed by atoms with Crippen LogP contribution in [0.25, 0.3) is 0 Å². The lowest BCUT2D eigenvalue weighted by Crippen LogP contribution is -2.13. The predicted octanol–water partition coefficient (Wildman–Crippen LogP) is 1.07. The quantitative estimate of drug-likeness (QED) is 0.856. The van der Waals surface area contributed by atoms with Crippen LogP contribution in [0.2, 0.25) is 0 Å². The van der Waals surface area contributed by atoms with Gasteiger partial charge in [-0.25, -0.2) is 0 Å². The van der Waals surface area contributed by atoms with E-state index >= 15 is 0 Å². The molecule has 0 amide bonds. The van der Waals surface area contributed by atoms with Gasteiger partial charge in [0.05, 0.1) is 12.8 Å². The number of hydrogen-bond donors (Lipinski definition) is 1. The Hall–Kier alpha value is -1.88. The SMILES string of the molecule is COc1cccc(C(N)Cc2cn(C)nn2)c1. The average molecular weight is 232 g/mol. The van der Waals surface area contributed by atoms with Crippen molar-refractivity contribution in [2.24, 2.45) is 12.8 Å². The Balaban J connectivity index is 2.11. The van der Waals surface area contributed by atoms with E-state index in [9.17, 15) is 0 Å². The van der Waals surface area contributed by atoms with E-state index in [1.807, 2.05) is 37.5 Å². The van der Waals surface area contributed by atoms with Crippen molar-refractivity contribution in [1.29, 1.82) is 0 Å². The minimum Gasteiger partial charge on any atom is -0.497 e. The second-order valence-corrected chi connectivity index (χ2v) is 3.97. The van der Waals surface area contributed by atoms with Crippen molar-refractivity contribution in [2.45, 2.75) is 12.5 Å². The van der Waals surface area contributed by atoms with Crippen molar-refractivity contribution in [3.63, 3.8) is 0 Å². The van der Waals surface area contributed by atoms with E-state index in [-0.39, 0.29) is 6.04 Å². The summed E-state index contributed by atoms with van der Waals surface area (Å²) in [7, 11) is 3.49. The molecule has 0 radical (unpaired) electrons. The first-order chi connectivity index (χ1) is 8.19. The Morgan fingerprint density at radius 3 is 2.94 bits per heavy atom. The molecule has 5 heteroatoms. The average Bonchev–Trinajstić information content (AvgIpc) is 2.75. The summed E-state index contributed by atoms with van der Waals surface area (Å²) in [5, 5.41) is 7.91. The molecular weight excluding hydrogens is 216 g/mol. The number of hydrogen-bond acceptors (Lipinski definition) is 4. The standard InChI is InChI=1S/C12H16N4O/c1-16-8-10(14-15-16)7-12(13)9-4-3-5-11(6-9)17-2/h3-6,8,12H,7,13H2,1-2H3. The number of aromatic nitrogens is 3. The summed E-state index contributed by atoms with van der Waals surface area (Å²) in [6.45, 7) is 0. The third kappa shape index (κ3) is 2.82. The zero-order valence-corrected chi connectivity index (χ0v) is 10.00. The van der Waals surface area contributed by atoms with E-state index in [2.05, 4.69) is 10.3 Å². The van der Waals surface area contributed by atoms with Crippen LogP contribution in [0.5, 0.6) is 5.75 Å². The first-order valence-electron chi connectivity index (χ1n) is 5.44. The van der Waals surface area contributed by atoms with Gasteiger partial charge in [-0.05, 0) is 17.7 Å². The molecule has 0 bridgehead atoms. The van der Waals surface area contributed by atoms with Gasteiger partial charge in [0.15, 0.2) is 0 Å². The molecule has 90 valence electrons. The van der Waals surface area contributed by atoms with Crippen molar-refractivity contribution in [2.75, 3.05) is 7.11 Å². The summed E-state index contributed by atoms with van der Waals surface area (Å²) in [5.41, 5.74) is 8.06. The lowest BCUT2D eigenvalue weighted by molar-refractivity contribution is 0.413. The van der Waals surface area contributed by atoms with Crippen LogP contribution in [0.4, 0.5) is 0 Å². The molecule has 2 N–H and O–H groups in total. The molecule has 2 rings (SSSR count). The largest absolute Gasteiger partial charge is 0.497 e. The Kier molecular flexibility index (Phi) is 3.39. The molecule has 0 aliphatic carbocycles. The maximum Gasteiger partial charge on any atom is 0.119 e. The summed E-state index contributed by atoms with van der Waals surface area (Å²) in [4.78, 5) is 0. The van der Waals surface area contributed by atoms with Crippen LogP contribution in [0.15, 0.2) is 30.5 Å². The second kappa shape index (κ2) is 4.97. The van der Waals surface area contributed by atoms with Crippen molar-refractivity contribution >= 4 is 0 Å². The van der Waals surface area contributed by atoms with E-state index in [0.717, 1.165) is 17.0 Å². The van der Waals surface area contributed by atoms with Crippen molar-refractivity contribution in [1.82, 2.24) is 15.0 Å². The number of methoxy groups -OCH3 is 1. The molecule has 17 heavy (non-hydrogen) atoms. The van der Waals surface area contributed by atoms with Gasteiger partial charge in [0.2, 0.25) is 0 Å². The highest BCUT2D eigenvalue weighted by Gasteiger charge is 2.10. The second-order valence-electron chi connectivity index (χ2n) is 3.97. The first-order valence-corrected chi connectivity index (χ1v) is 5.44. The highest BCUT2D eigenvalue weighted by Crippen LogP contribution is 2.19. The fourth-order valence-corrected chi connectivity index (χ4v) is 1.70. The first kappa shape index (κ1) is 11.6. The topological polar surface area (TPSA) is 66.0 Å². The maximum atomic E-state index is 6.13. The van der Waals surface area contributed by atoms with Gasteiger partial charge in [-0.2, -0.15) is 0 Å². The number of benzene rings is 1. The Labute approximate surface area is 100 Å². The molecule has 0 saturated carbocycles. The molecule has 1 aromatic carbocycles. The number of nitrogens with two attached hydrogens (primary N) is 1. The summed E-state index contributed by atoms with van der Waals surface area (Å²) in [6.07, 6.45) is 2.54. The van der Waals surface area contributed by atoms with Gasteiger partial charge >= 0.3 is 0 Å². The number of aryl methyl sites for hydroxylation is 1. The van der Waals surface area contributed by atoms with E-state index in [4.69, 9.17) is 10.5 Å². The van der Waals surface area contributed by atoms with E-state index in [0.29, 0.717) is 6.42 Å². The molecule has 0 fully saturated rings. The maximum absolute atomic E-state index is 6.13. The van der Waals surface area contributed by atoms with Crippen LogP contribution in [0.3, 0.4) is 0 Å². The van der Waals surface area contributed by atoms with E-state index in [1.165, 1.54) is 0 Å². The molecule has 1 atom stereocenters. The number of nitrogens with zero attached hydrogens (tertiary/aromatic N) is 3. The summed E-state index contributed by atoms with van der Waals surface area (Å²) >= 11 is 0. The number of ether oxygens (including phenoxy) is 1. The summed E-state index contributed by atoms with van der Waals surface area (Å²) < 4.78 is 6.85. The highest BCUT2D eigenvalue weighted by atomic mass is 16.5. The number of rotatable bonds is 4. The van der Waals surface area contributed by atoms with Gasteiger partial charge in [-0.15, -0.1) is 5.10 Å². The Morgan fingerprint density at radius 2 is 2.29 bits per heavy atom. The minimum absolute atomic E-state index is 0.0956. The predicted molar refractivity (Wildman–Crippen MR) is 64.6 cm³/mol. The third-order valence-electron chi connectivity index (χ3n) is 2.60. The van der Waals surface area contributed by atoms with Gasteiger partial charge < -0.3 is 10.5 Å². The summed E-state index contributed by atoms with van der Waals surface area (Å²) in [6, 6.07) is 7.68. The molecule has 0 aliphatic rings. The molecule has 2 aromatic rings. The smallest absolute Gasteiger partial charge is 0.119 e. The van der Waals surface area contributed by atoms with Crippen LogP contribution in [0.1, 0.15) is 17.3 Å². The van der Waals surface area contributed by atoms with Crippen LogP contribution in [-0.2, 0) is 13.5 Å². The highest BCUT2D eigenvalue weighted by molar-refractivity contribution is 5.30. The molecule has 1 heterocycles. The third-order valence-corrected chi connectivity index (χ3v) is 2.60. The van der Waals surface area contributed by atoms with Gasteiger partial charge in [0.1, 0.15) is 5.75 Å². The molecule has 1 aromatic heterocycles. The molecular formula is C12H16N4O. The zero-order valence-electron chi connectivity index (χ0n) is 10.00. The lowest BCUT2D eigenvalue weighted by atomic mass is 10.0. The monoisotopic (exact) mass is 232 g/mol. The normalized spacial score (nSPS) is 12.4. The Morgan fingerprint density at radius 1 is 1.47 bits per heavy atom. The lowest BCUT2D eigenvalue weighted by Gasteiger charge is -2.11. The Bertz CT molecular complexity index is 495. The van der Waals surface area contributed by atoms with E-state index in [1.54, 1.807) is 11.8 Å². The molecule has 0 saturated heterocycles. The van der Waals surface area contributed by atoms with Gasteiger partial charge in [-0.3, -0.25) is 4.68 Å². The van der Waals surface area contributed by atoms with Gasteiger partial charge in [-0.1, -0.05) is 17.3 Å².